The Hall–Kier alpha value is -4.88. The Morgan fingerprint density at radius 3 is 2.08 bits per heavy atom. The number of ketones is 1. The van der Waals surface area contributed by atoms with Crippen molar-refractivity contribution in [2.45, 2.75) is 127 Å². The van der Waals surface area contributed by atoms with Crippen LogP contribution in [0, 0.1) is 16.7 Å². The van der Waals surface area contributed by atoms with Crippen LogP contribution in [0.15, 0.2) is 71.8 Å². The first kappa shape index (κ1) is 45.6. The largest absolute Gasteiger partial charge is 0.456 e. The van der Waals surface area contributed by atoms with Crippen molar-refractivity contribution in [3.05, 3.63) is 82.9 Å². The minimum Gasteiger partial charge on any atom is -0.456 e. The van der Waals surface area contributed by atoms with Gasteiger partial charge in [0.1, 0.15) is 30.0 Å². The number of esters is 3. The second kappa shape index (κ2) is 15.8. The summed E-state index contributed by atoms with van der Waals surface area (Å²) in [5.74, 6) is -5.88. The third-order valence-corrected chi connectivity index (χ3v) is 13.2. The van der Waals surface area contributed by atoms with Gasteiger partial charge in [-0.1, -0.05) is 62.4 Å². The molecule has 332 valence electrons. The van der Waals surface area contributed by atoms with Crippen LogP contribution in [0.4, 0.5) is 18.0 Å². The molecule has 2 aromatic rings. The van der Waals surface area contributed by atoms with Gasteiger partial charge in [-0.25, -0.2) is 14.4 Å². The van der Waals surface area contributed by atoms with Crippen molar-refractivity contribution in [3.8, 4) is 0 Å². The maximum atomic E-state index is 14.9. The zero-order chi connectivity index (χ0) is 45.2. The maximum absolute atomic E-state index is 14.9. The predicted octanol–water partition coefficient (Wildman–Crippen LogP) is 3.80. The molecule has 1 amide bonds. The first-order chi connectivity index (χ1) is 28.2. The van der Waals surface area contributed by atoms with Gasteiger partial charge in [0.15, 0.2) is 17.5 Å². The summed E-state index contributed by atoms with van der Waals surface area (Å²) in [4.78, 5) is 68.8. The van der Waals surface area contributed by atoms with Crippen LogP contribution in [0.5, 0.6) is 0 Å². The lowest BCUT2D eigenvalue weighted by molar-refractivity contribution is -0.346. The Labute approximate surface area is 349 Å². The summed E-state index contributed by atoms with van der Waals surface area (Å²) in [7, 11) is 0. The number of amides is 1. The van der Waals surface area contributed by atoms with E-state index in [1.807, 2.05) is 0 Å². The molecule has 15 nitrogen and oxygen atoms in total. The number of alkyl carbamates (subject to hydrolysis) is 1. The van der Waals surface area contributed by atoms with E-state index in [0.29, 0.717) is 13.8 Å². The molecule has 1 saturated heterocycles. The van der Waals surface area contributed by atoms with Gasteiger partial charge < -0.3 is 49.4 Å². The van der Waals surface area contributed by atoms with Crippen molar-refractivity contribution in [1.82, 2.24) is 5.32 Å². The van der Waals surface area contributed by atoms with Gasteiger partial charge in [-0.15, -0.1) is 0 Å². The third kappa shape index (κ3) is 7.49. The Kier molecular flexibility index (Phi) is 11.8. The van der Waals surface area contributed by atoms with Crippen LogP contribution in [-0.4, -0.2) is 116 Å². The summed E-state index contributed by atoms with van der Waals surface area (Å²) >= 11 is 0. The van der Waals surface area contributed by atoms with Crippen molar-refractivity contribution in [1.29, 1.82) is 0 Å². The number of rotatable bonds is 9. The van der Waals surface area contributed by atoms with E-state index < -0.39 is 119 Å². The van der Waals surface area contributed by atoms with Crippen molar-refractivity contribution in [2.75, 3.05) is 6.61 Å². The van der Waals surface area contributed by atoms with Gasteiger partial charge in [-0.2, -0.15) is 13.2 Å². The van der Waals surface area contributed by atoms with Crippen LogP contribution >= 0.6 is 0 Å². The molecule has 0 aromatic heterocycles. The number of hydrogen-bond acceptors (Lipinski definition) is 14. The van der Waals surface area contributed by atoms with Gasteiger partial charge in [-0.3, -0.25) is 9.59 Å². The highest BCUT2D eigenvalue weighted by atomic mass is 19.4. The molecule has 2 aromatic carbocycles. The van der Waals surface area contributed by atoms with Crippen LogP contribution in [0.2, 0.25) is 0 Å². The summed E-state index contributed by atoms with van der Waals surface area (Å²) in [5, 5.41) is 51.0. The topological polar surface area (TPSA) is 224 Å². The molecule has 3 aliphatic carbocycles. The minimum atomic E-state index is -4.99. The lowest BCUT2D eigenvalue weighted by Gasteiger charge is -2.67. The van der Waals surface area contributed by atoms with Gasteiger partial charge in [0.2, 0.25) is 5.60 Å². The molecule has 6 rings (SSSR count). The maximum Gasteiger partial charge on any atom is 0.427 e. The van der Waals surface area contributed by atoms with E-state index in [2.05, 4.69) is 10.1 Å². The summed E-state index contributed by atoms with van der Waals surface area (Å²) in [6.45, 7) is 7.63. The molecule has 0 spiro atoms. The first-order valence-electron chi connectivity index (χ1n) is 19.7. The minimum absolute atomic E-state index is 0.0174. The molecule has 1 heterocycles. The number of fused-ring (bicyclic) bond motifs is 5. The Balaban J connectivity index is 1.46. The molecule has 5 N–H and O–H groups in total. The molecular weight excluding hydrogens is 811 g/mol. The normalized spacial score (nSPS) is 32.9. The number of nitrogens with one attached hydrogen (secondary N) is 1. The van der Waals surface area contributed by atoms with E-state index in [1.165, 1.54) is 64.1 Å². The molecule has 2 bridgehead atoms. The fourth-order valence-corrected chi connectivity index (χ4v) is 9.57. The summed E-state index contributed by atoms with van der Waals surface area (Å²) in [6, 6.07) is 13.1. The highest BCUT2D eigenvalue weighted by Crippen LogP contribution is 2.64. The average Bonchev–Trinajstić information content (AvgIpc) is 3.18. The smallest absolute Gasteiger partial charge is 0.427 e. The number of ether oxygens (including phenoxy) is 5. The lowest BCUT2D eigenvalue weighted by Crippen LogP contribution is -2.81. The fraction of sp³-hybridized carbons (Fsp3) is 0.558. The zero-order valence-corrected chi connectivity index (χ0v) is 34.5. The van der Waals surface area contributed by atoms with E-state index in [0.717, 1.165) is 6.92 Å². The number of Topliss-reactive ketones (excluding diaryl/α,β-unsaturated/α-hetero) is 1. The highest BCUT2D eigenvalue weighted by Gasteiger charge is 2.78. The van der Waals surface area contributed by atoms with E-state index in [4.69, 9.17) is 18.9 Å². The molecule has 1 unspecified atom stereocenters. The summed E-state index contributed by atoms with van der Waals surface area (Å²) in [5.41, 5.74) is -11.1. The van der Waals surface area contributed by atoms with E-state index in [1.54, 1.807) is 24.3 Å². The molecule has 0 radical (unpaired) electrons. The molecule has 18 heteroatoms. The van der Waals surface area contributed by atoms with Gasteiger partial charge in [0, 0.05) is 25.2 Å². The van der Waals surface area contributed by atoms with E-state index >= 15 is 0 Å². The molecule has 61 heavy (non-hydrogen) atoms. The van der Waals surface area contributed by atoms with Crippen LogP contribution in [0.3, 0.4) is 0 Å². The van der Waals surface area contributed by atoms with Gasteiger partial charge >= 0.3 is 30.2 Å². The number of carbonyl (C=O) groups is 5. The van der Waals surface area contributed by atoms with Crippen LogP contribution in [-0.2, 0) is 38.1 Å². The number of carbonyl (C=O) groups excluding carboxylic acids is 5. The highest BCUT2D eigenvalue weighted by molar-refractivity contribution is 5.94. The van der Waals surface area contributed by atoms with Crippen molar-refractivity contribution in [2.24, 2.45) is 16.7 Å². The summed E-state index contributed by atoms with van der Waals surface area (Å²) < 4.78 is 69.3. The van der Waals surface area contributed by atoms with Gasteiger partial charge in [-0.05, 0) is 56.5 Å². The average molecular weight is 862 g/mol. The van der Waals surface area contributed by atoms with Crippen LogP contribution in [0.1, 0.15) is 83.3 Å². The first-order valence-corrected chi connectivity index (χ1v) is 19.7. The van der Waals surface area contributed by atoms with Crippen LogP contribution in [0.25, 0.3) is 0 Å². The quantitative estimate of drug-likeness (QED) is 0.138. The monoisotopic (exact) mass is 861 g/mol. The second-order valence-electron chi connectivity index (χ2n) is 17.5. The lowest BCUT2D eigenvalue weighted by atomic mass is 9.44. The second-order valence-corrected chi connectivity index (χ2v) is 17.5. The Bertz CT molecular complexity index is 2090. The van der Waals surface area contributed by atoms with Crippen molar-refractivity contribution >= 4 is 29.8 Å². The number of halogens is 3. The molecule has 2 saturated carbocycles. The Morgan fingerprint density at radius 1 is 0.951 bits per heavy atom. The zero-order valence-electron chi connectivity index (χ0n) is 34.5. The number of hydrogen-bond donors (Lipinski definition) is 5. The molecule has 4 aliphatic rings. The standard InChI is InChI=1S/C43H50F3NO14/c1-21-25(58-36(54)31(51)29(23-14-10-8-11-15-23)47-37(55)61-39(5,6)43(44,45)46)19-42(56)34(59-35(53)24-16-12-9-13-17-24)32-40(7,33(52)30(50)28(21)38(42,3)4)26(49)18-27-41(32,20-57-27)60-22(2)48/h8-17,25-27,29-32,34,49-51,56H,18-20H2,1-7H3,(H,47,55)/t25-,26-,27+,29-,30+,31+,32?,34-,40+,41-,42+/m0/s1. The number of alkyl halides is 3. The molecule has 3 fully saturated rings. The van der Waals surface area contributed by atoms with Crippen LogP contribution < -0.4 is 5.32 Å². The SMILES string of the molecule is CC(=O)O[C@@]12CO[C@@H]1C[C@H](O)[C@@]1(C)C(=O)[C@H](O)C3=C(C)[C@@H](OC(=O)[C@H](O)[C@@H](NC(=O)OC(C)(C)C(F)(F)F)c4ccccc4)C[C@@](O)([C@@H](OC(=O)c4ccccc4)C12)C3(C)C. The molecular formula is C43H50F3NO14. The van der Waals surface area contributed by atoms with E-state index in [9.17, 15) is 57.6 Å². The van der Waals surface area contributed by atoms with Crippen molar-refractivity contribution in [3.63, 3.8) is 0 Å². The summed E-state index contributed by atoms with van der Waals surface area (Å²) in [6.07, 6.45) is -18.2. The molecule has 1 aliphatic heterocycles. The predicted molar refractivity (Wildman–Crippen MR) is 204 cm³/mol. The Morgan fingerprint density at radius 2 is 1.54 bits per heavy atom. The third-order valence-electron chi connectivity index (χ3n) is 13.2. The van der Waals surface area contributed by atoms with E-state index in [-0.39, 0.29) is 35.3 Å². The molecule has 11 atom stereocenters. The van der Waals surface area contributed by atoms with Gasteiger partial charge in [0.05, 0.1) is 35.6 Å². The number of aliphatic hydroxyl groups is 4. The van der Waals surface area contributed by atoms with Gasteiger partial charge in [0.25, 0.3) is 0 Å². The van der Waals surface area contributed by atoms with Crippen molar-refractivity contribution < 1.29 is 81.3 Å². The fourth-order valence-electron chi connectivity index (χ4n) is 9.57. The number of aliphatic hydroxyl groups excluding tert-OH is 3. The number of benzene rings is 2.